The van der Waals surface area contributed by atoms with Gasteiger partial charge in [-0.05, 0) is 29.8 Å². The normalized spacial score (nSPS) is 10.9. The van der Waals surface area contributed by atoms with Gasteiger partial charge >= 0.3 is 5.69 Å². The molecule has 22 heavy (non-hydrogen) atoms. The van der Waals surface area contributed by atoms with Crippen LogP contribution in [0.3, 0.4) is 0 Å². The molecule has 0 atom stereocenters. The molecule has 0 aliphatic heterocycles. The van der Waals surface area contributed by atoms with E-state index in [1.54, 1.807) is 0 Å². The zero-order valence-corrected chi connectivity index (χ0v) is 13.8. The fourth-order valence-corrected chi connectivity index (χ4v) is 2.28. The smallest absolute Gasteiger partial charge is 0.368 e. The largest absolute Gasteiger partial charge is 0.466 e. The van der Waals surface area contributed by atoms with Gasteiger partial charge in [0, 0.05) is 19.2 Å². The predicted octanol–water partition coefficient (Wildman–Crippen LogP) is 2.52. The molecule has 1 aromatic carbocycles. The van der Waals surface area contributed by atoms with Crippen LogP contribution in [0.25, 0.3) is 5.69 Å². The molecule has 9 heteroatoms. The molecule has 1 aromatic heterocycles. The van der Waals surface area contributed by atoms with Crippen LogP contribution in [0, 0.1) is 0 Å². The van der Waals surface area contributed by atoms with E-state index >= 15 is 0 Å². The SMILES string of the molecule is CCCn1nnn(-c2cc(OCOCC)c(Cl)cc2Cl)c1=O. The van der Waals surface area contributed by atoms with Crippen molar-refractivity contribution >= 4 is 23.2 Å². The van der Waals surface area contributed by atoms with Crippen molar-refractivity contribution in [2.75, 3.05) is 13.4 Å². The van der Waals surface area contributed by atoms with Crippen LogP contribution in [-0.4, -0.2) is 33.2 Å². The molecule has 0 radical (unpaired) electrons. The average Bonchev–Trinajstić information content (AvgIpc) is 2.83. The molecule has 0 spiro atoms. The highest BCUT2D eigenvalue weighted by molar-refractivity contribution is 6.36. The maximum atomic E-state index is 12.2. The lowest BCUT2D eigenvalue weighted by Gasteiger charge is -2.10. The van der Waals surface area contributed by atoms with E-state index in [1.807, 2.05) is 13.8 Å². The average molecular weight is 347 g/mol. The summed E-state index contributed by atoms with van der Waals surface area (Å²) in [6.45, 7) is 4.85. The number of hydrogen-bond acceptors (Lipinski definition) is 5. The van der Waals surface area contributed by atoms with Crippen LogP contribution in [0.5, 0.6) is 5.75 Å². The fourth-order valence-electron chi connectivity index (χ4n) is 1.76. The quantitative estimate of drug-likeness (QED) is 0.569. The Balaban J connectivity index is 2.38. The van der Waals surface area contributed by atoms with Crippen LogP contribution in [0.15, 0.2) is 16.9 Å². The molecule has 0 saturated heterocycles. The van der Waals surface area contributed by atoms with Crippen LogP contribution in [0.1, 0.15) is 20.3 Å². The second-order valence-electron chi connectivity index (χ2n) is 4.39. The van der Waals surface area contributed by atoms with E-state index in [1.165, 1.54) is 16.8 Å². The van der Waals surface area contributed by atoms with Gasteiger partial charge in [-0.25, -0.2) is 4.79 Å². The molecule has 7 nitrogen and oxygen atoms in total. The Kier molecular flexibility index (Phi) is 5.82. The van der Waals surface area contributed by atoms with Gasteiger partial charge in [0.15, 0.2) is 6.79 Å². The lowest BCUT2D eigenvalue weighted by Crippen LogP contribution is -2.24. The van der Waals surface area contributed by atoms with Gasteiger partial charge in [-0.2, -0.15) is 9.36 Å². The molecule has 0 N–H and O–H groups in total. The van der Waals surface area contributed by atoms with Crippen molar-refractivity contribution in [1.82, 2.24) is 19.8 Å². The van der Waals surface area contributed by atoms with Crippen LogP contribution in [0.2, 0.25) is 10.0 Å². The minimum absolute atomic E-state index is 0.0503. The minimum atomic E-state index is -0.373. The second kappa shape index (κ2) is 7.62. The topological polar surface area (TPSA) is 71.2 Å². The van der Waals surface area contributed by atoms with Gasteiger partial charge in [0.1, 0.15) is 5.75 Å². The highest BCUT2D eigenvalue weighted by Gasteiger charge is 2.15. The first kappa shape index (κ1) is 16.8. The highest BCUT2D eigenvalue weighted by Crippen LogP contribution is 2.32. The van der Waals surface area contributed by atoms with E-state index in [-0.39, 0.29) is 17.5 Å². The van der Waals surface area contributed by atoms with Crippen LogP contribution >= 0.6 is 23.2 Å². The zero-order valence-electron chi connectivity index (χ0n) is 12.3. The maximum Gasteiger partial charge on any atom is 0.368 e. The third kappa shape index (κ3) is 3.60. The Morgan fingerprint density at radius 1 is 1.18 bits per heavy atom. The number of ether oxygens (including phenoxy) is 2. The van der Waals surface area contributed by atoms with Crippen molar-refractivity contribution in [3.8, 4) is 11.4 Å². The summed E-state index contributed by atoms with van der Waals surface area (Å²) in [6.07, 6.45) is 0.773. The van der Waals surface area contributed by atoms with Gasteiger partial charge < -0.3 is 9.47 Å². The molecular weight excluding hydrogens is 331 g/mol. The van der Waals surface area contributed by atoms with Crippen LogP contribution in [0.4, 0.5) is 0 Å². The van der Waals surface area contributed by atoms with Gasteiger partial charge in [0.05, 0.1) is 15.7 Å². The standard InChI is InChI=1S/C13H16Cl2N4O3/c1-3-5-18-13(20)19(17-16-18)11-7-12(22-8-21-4-2)10(15)6-9(11)14/h6-7H,3-5,8H2,1-2H3. The Hall–Kier alpha value is -1.57. The van der Waals surface area contributed by atoms with Crippen molar-refractivity contribution in [3.63, 3.8) is 0 Å². The third-order valence-electron chi connectivity index (χ3n) is 2.81. The molecule has 0 bridgehead atoms. The first-order chi connectivity index (χ1) is 10.6. The number of nitrogens with zero attached hydrogens (tertiary/aromatic N) is 4. The van der Waals surface area contributed by atoms with Crippen molar-refractivity contribution < 1.29 is 9.47 Å². The number of hydrogen-bond donors (Lipinski definition) is 0. The summed E-state index contributed by atoms with van der Waals surface area (Å²) in [6, 6.07) is 3.03. The van der Waals surface area contributed by atoms with E-state index in [0.717, 1.165) is 11.1 Å². The summed E-state index contributed by atoms with van der Waals surface area (Å²) in [5, 5.41) is 8.24. The Labute approximate surface area is 137 Å². The molecule has 0 aliphatic carbocycles. The van der Waals surface area contributed by atoms with Crippen LogP contribution < -0.4 is 10.4 Å². The summed E-state index contributed by atoms with van der Waals surface area (Å²) in [5.41, 5.74) is -0.0215. The molecule has 120 valence electrons. The van der Waals surface area contributed by atoms with Gasteiger partial charge in [-0.1, -0.05) is 30.1 Å². The van der Waals surface area contributed by atoms with Crippen molar-refractivity contribution in [1.29, 1.82) is 0 Å². The molecule has 1 heterocycles. The van der Waals surface area contributed by atoms with Gasteiger partial charge in [-0.15, -0.1) is 0 Å². The zero-order chi connectivity index (χ0) is 16.1. The fraction of sp³-hybridized carbons (Fsp3) is 0.462. The lowest BCUT2D eigenvalue weighted by atomic mass is 10.3. The Bertz CT molecular complexity index is 699. The van der Waals surface area contributed by atoms with Crippen molar-refractivity contribution in [2.24, 2.45) is 0 Å². The van der Waals surface area contributed by atoms with E-state index in [0.29, 0.717) is 29.6 Å². The van der Waals surface area contributed by atoms with Gasteiger partial charge in [-0.3, -0.25) is 0 Å². The molecular formula is C13H16Cl2N4O3. The molecule has 0 aliphatic rings. The Morgan fingerprint density at radius 2 is 1.95 bits per heavy atom. The summed E-state index contributed by atoms with van der Waals surface area (Å²) in [7, 11) is 0. The molecule has 0 amide bonds. The first-order valence-corrected chi connectivity index (χ1v) is 7.56. The summed E-state index contributed by atoms with van der Waals surface area (Å²) < 4.78 is 12.9. The second-order valence-corrected chi connectivity index (χ2v) is 5.20. The Morgan fingerprint density at radius 3 is 2.64 bits per heavy atom. The summed E-state index contributed by atoms with van der Waals surface area (Å²) in [4.78, 5) is 12.2. The number of aryl methyl sites for hydroxylation is 1. The van der Waals surface area contributed by atoms with Crippen molar-refractivity contribution in [3.05, 3.63) is 32.7 Å². The molecule has 0 unspecified atom stereocenters. The van der Waals surface area contributed by atoms with Crippen molar-refractivity contribution in [2.45, 2.75) is 26.8 Å². The summed E-state index contributed by atoms with van der Waals surface area (Å²) >= 11 is 12.2. The first-order valence-electron chi connectivity index (χ1n) is 6.81. The molecule has 0 saturated carbocycles. The highest BCUT2D eigenvalue weighted by atomic mass is 35.5. The molecule has 0 fully saturated rings. The maximum absolute atomic E-state index is 12.2. The lowest BCUT2D eigenvalue weighted by molar-refractivity contribution is 0.0224. The number of tetrazole rings is 1. The number of rotatable bonds is 7. The van der Waals surface area contributed by atoms with Gasteiger partial charge in [0.2, 0.25) is 0 Å². The monoisotopic (exact) mass is 346 g/mol. The molecule has 2 aromatic rings. The minimum Gasteiger partial charge on any atom is -0.466 e. The van der Waals surface area contributed by atoms with E-state index in [4.69, 9.17) is 32.7 Å². The van der Waals surface area contributed by atoms with Gasteiger partial charge in [0.25, 0.3) is 0 Å². The van der Waals surface area contributed by atoms with Crippen LogP contribution in [-0.2, 0) is 11.3 Å². The van der Waals surface area contributed by atoms with E-state index in [2.05, 4.69) is 10.4 Å². The predicted molar refractivity (Wildman–Crippen MR) is 83.1 cm³/mol. The van der Waals surface area contributed by atoms with E-state index in [9.17, 15) is 4.79 Å². The summed E-state index contributed by atoms with van der Waals surface area (Å²) in [5.74, 6) is 0.353. The van der Waals surface area contributed by atoms with E-state index < -0.39 is 0 Å². The molecule has 2 rings (SSSR count). The number of aromatic nitrogens is 4. The number of halogens is 2. The number of benzene rings is 1. The third-order valence-corrected chi connectivity index (χ3v) is 3.40.